The molecule has 2 nitrogen and oxygen atoms in total. The second kappa shape index (κ2) is 6.98. The summed E-state index contributed by atoms with van der Waals surface area (Å²) >= 11 is 9.87. The first-order chi connectivity index (χ1) is 10.3. The van der Waals surface area contributed by atoms with Crippen LogP contribution in [0.1, 0.15) is 5.56 Å². The summed E-state index contributed by atoms with van der Waals surface area (Å²) in [4.78, 5) is 0.386. The maximum absolute atomic E-state index is 13.7. The lowest BCUT2D eigenvalue weighted by Gasteiger charge is -2.16. The fraction of sp³-hybridized carbons (Fsp3) is 0.0667. The van der Waals surface area contributed by atoms with Gasteiger partial charge in [0, 0.05) is 21.2 Å². The van der Waals surface area contributed by atoms with Gasteiger partial charge in [-0.2, -0.15) is 8.78 Å². The molecule has 7 heteroatoms. The van der Waals surface area contributed by atoms with Crippen LogP contribution < -0.4 is 5.73 Å². The van der Waals surface area contributed by atoms with Crippen molar-refractivity contribution in [1.29, 1.82) is 0 Å². The summed E-state index contributed by atoms with van der Waals surface area (Å²) in [6.45, 7) is 0. The predicted octanol–water partition coefficient (Wildman–Crippen LogP) is 4.69. The number of nitrogens with two attached hydrogens (primary N) is 1. The molecule has 2 aromatic rings. The Bertz CT molecular complexity index is 669. The fourth-order valence-electron chi connectivity index (χ4n) is 1.78. The molecule has 0 fully saturated rings. The van der Waals surface area contributed by atoms with Crippen LogP contribution in [0.2, 0.25) is 10.0 Å². The quantitative estimate of drug-likeness (QED) is 0.634. The maximum Gasteiger partial charge on any atom is 0.331 e. The molecule has 116 valence electrons. The highest BCUT2D eigenvalue weighted by molar-refractivity contribution is 7.94. The summed E-state index contributed by atoms with van der Waals surface area (Å²) in [5.41, 5.74) is 4.34. The molecule has 0 aliphatic heterocycles. The third-order valence-electron chi connectivity index (χ3n) is 2.73. The lowest BCUT2D eigenvalue weighted by molar-refractivity contribution is 0.0750. The fourth-order valence-corrected chi connectivity index (χ4v) is 3.37. The second-order valence-electron chi connectivity index (χ2n) is 4.42. The SMILES string of the molecule is NC(F)(F)/C(=C/[S+]([O-])c1ccccc1)c1cc(Cl)cc(Cl)c1. The third kappa shape index (κ3) is 4.44. The van der Waals surface area contributed by atoms with Crippen molar-refractivity contribution in [2.75, 3.05) is 0 Å². The van der Waals surface area contributed by atoms with Crippen molar-refractivity contribution in [3.8, 4) is 0 Å². The topological polar surface area (TPSA) is 49.1 Å². The molecule has 0 saturated carbocycles. The Balaban J connectivity index is 2.49. The summed E-state index contributed by atoms with van der Waals surface area (Å²) in [6, 6.07) is 8.53. The second-order valence-corrected chi connectivity index (χ2v) is 6.60. The highest BCUT2D eigenvalue weighted by Gasteiger charge is 2.33. The summed E-state index contributed by atoms with van der Waals surface area (Å²) in [5, 5.41) is 1.28. The van der Waals surface area contributed by atoms with Crippen LogP contribution in [0.4, 0.5) is 8.78 Å². The molecule has 2 rings (SSSR count). The van der Waals surface area contributed by atoms with Gasteiger partial charge in [-0.3, -0.25) is 5.73 Å². The first kappa shape index (κ1) is 17.2. The molecule has 0 aliphatic rings. The maximum atomic E-state index is 13.7. The molecular formula is C15H11Cl2F2NOS. The molecule has 0 bridgehead atoms. The molecule has 2 N–H and O–H groups in total. The summed E-state index contributed by atoms with van der Waals surface area (Å²) < 4.78 is 39.6. The summed E-state index contributed by atoms with van der Waals surface area (Å²) in [5.74, 6) is 0. The Kier molecular flexibility index (Phi) is 5.47. The molecule has 1 unspecified atom stereocenters. The predicted molar refractivity (Wildman–Crippen MR) is 86.4 cm³/mol. The van der Waals surface area contributed by atoms with E-state index in [1.54, 1.807) is 30.3 Å². The van der Waals surface area contributed by atoms with Crippen molar-refractivity contribution >= 4 is 40.0 Å². The van der Waals surface area contributed by atoms with E-state index in [0.717, 1.165) is 5.41 Å². The highest BCUT2D eigenvalue weighted by Crippen LogP contribution is 2.33. The average Bonchev–Trinajstić information content (AvgIpc) is 2.43. The van der Waals surface area contributed by atoms with Crippen molar-refractivity contribution < 1.29 is 13.3 Å². The monoisotopic (exact) mass is 361 g/mol. The Morgan fingerprint density at radius 2 is 1.64 bits per heavy atom. The van der Waals surface area contributed by atoms with Crippen LogP contribution in [0.3, 0.4) is 0 Å². The standard InChI is InChI=1S/C15H11Cl2F2NOS/c16-11-6-10(7-12(17)8-11)14(15(18,19)20)9-22(21)13-4-2-1-3-5-13/h1-9H,20H2/b14-9+. The molecule has 0 radical (unpaired) electrons. The third-order valence-corrected chi connectivity index (χ3v) is 4.36. The van der Waals surface area contributed by atoms with Crippen LogP contribution in [0.5, 0.6) is 0 Å². The number of benzene rings is 2. The van der Waals surface area contributed by atoms with Gasteiger partial charge in [0.2, 0.25) is 0 Å². The van der Waals surface area contributed by atoms with Gasteiger partial charge in [0.1, 0.15) is 5.41 Å². The van der Waals surface area contributed by atoms with Gasteiger partial charge in [-0.05, 0) is 35.9 Å². The zero-order chi connectivity index (χ0) is 16.3. The van der Waals surface area contributed by atoms with Gasteiger partial charge < -0.3 is 4.55 Å². The molecule has 22 heavy (non-hydrogen) atoms. The minimum atomic E-state index is -3.68. The van der Waals surface area contributed by atoms with E-state index >= 15 is 0 Å². The van der Waals surface area contributed by atoms with E-state index in [2.05, 4.69) is 0 Å². The van der Waals surface area contributed by atoms with Crippen LogP contribution in [-0.2, 0) is 11.2 Å². The molecule has 1 atom stereocenters. The number of halogens is 4. The first-order valence-corrected chi connectivity index (χ1v) is 8.05. The van der Waals surface area contributed by atoms with E-state index in [1.165, 1.54) is 18.2 Å². The number of hydrogen-bond donors (Lipinski definition) is 1. The van der Waals surface area contributed by atoms with E-state index in [9.17, 15) is 13.3 Å². The van der Waals surface area contributed by atoms with Crippen LogP contribution in [0.15, 0.2) is 58.8 Å². The van der Waals surface area contributed by atoms with Crippen molar-refractivity contribution in [2.45, 2.75) is 10.9 Å². The number of rotatable bonds is 4. The van der Waals surface area contributed by atoms with Gasteiger partial charge in [0.15, 0.2) is 4.90 Å². The lowest BCUT2D eigenvalue weighted by atomic mass is 10.1. The molecular weight excluding hydrogens is 351 g/mol. The van der Waals surface area contributed by atoms with E-state index in [-0.39, 0.29) is 15.6 Å². The van der Waals surface area contributed by atoms with Crippen molar-refractivity contribution in [3.05, 3.63) is 69.5 Å². The van der Waals surface area contributed by atoms with Crippen molar-refractivity contribution in [2.24, 2.45) is 5.73 Å². The van der Waals surface area contributed by atoms with Gasteiger partial charge in [0.25, 0.3) is 0 Å². The Hall–Kier alpha value is -1.11. The summed E-state index contributed by atoms with van der Waals surface area (Å²) in [6.07, 6.45) is 0. The van der Waals surface area contributed by atoms with Crippen molar-refractivity contribution in [1.82, 2.24) is 0 Å². The van der Waals surface area contributed by atoms with Crippen LogP contribution in [-0.4, -0.2) is 10.6 Å². The highest BCUT2D eigenvalue weighted by atomic mass is 35.5. The molecule has 0 heterocycles. The van der Waals surface area contributed by atoms with Crippen LogP contribution in [0, 0.1) is 0 Å². The van der Waals surface area contributed by atoms with Gasteiger partial charge in [0.05, 0.1) is 5.57 Å². The van der Waals surface area contributed by atoms with Gasteiger partial charge in [-0.15, -0.1) is 0 Å². The Morgan fingerprint density at radius 3 is 2.14 bits per heavy atom. The van der Waals surface area contributed by atoms with Gasteiger partial charge >= 0.3 is 6.05 Å². The minimum absolute atomic E-state index is 0.0225. The van der Waals surface area contributed by atoms with Crippen LogP contribution >= 0.6 is 23.2 Å². The van der Waals surface area contributed by atoms with E-state index in [4.69, 9.17) is 28.9 Å². The van der Waals surface area contributed by atoms with E-state index in [0.29, 0.717) is 4.90 Å². The zero-order valence-corrected chi connectivity index (χ0v) is 13.4. The van der Waals surface area contributed by atoms with E-state index < -0.39 is 22.8 Å². The number of hydrogen-bond acceptors (Lipinski definition) is 2. The van der Waals surface area contributed by atoms with Crippen molar-refractivity contribution in [3.63, 3.8) is 0 Å². The average molecular weight is 362 g/mol. The summed E-state index contributed by atoms with van der Waals surface area (Å²) in [7, 11) is 0. The Labute approximate surface area is 139 Å². The molecule has 0 aliphatic carbocycles. The molecule has 0 aromatic heterocycles. The molecule has 2 aromatic carbocycles. The van der Waals surface area contributed by atoms with Gasteiger partial charge in [-0.1, -0.05) is 41.4 Å². The molecule has 0 amide bonds. The normalized spacial score (nSPS) is 14.0. The van der Waals surface area contributed by atoms with Crippen LogP contribution in [0.25, 0.3) is 5.57 Å². The zero-order valence-electron chi connectivity index (χ0n) is 11.1. The van der Waals surface area contributed by atoms with Gasteiger partial charge in [-0.25, -0.2) is 0 Å². The first-order valence-electron chi connectivity index (χ1n) is 6.08. The molecule has 0 saturated heterocycles. The largest absolute Gasteiger partial charge is 0.607 e. The lowest BCUT2D eigenvalue weighted by Crippen LogP contribution is -2.30. The minimum Gasteiger partial charge on any atom is -0.607 e. The van der Waals surface area contributed by atoms with E-state index in [1.807, 2.05) is 0 Å². The Morgan fingerprint density at radius 1 is 1.09 bits per heavy atom. The smallest absolute Gasteiger partial charge is 0.331 e. The molecule has 0 spiro atoms. The number of alkyl halides is 2.